The number of anilines is 1. The third-order valence-corrected chi connectivity index (χ3v) is 4.93. The Morgan fingerprint density at radius 3 is 2.52 bits per heavy atom. The number of aliphatic hydroxyl groups is 1. The molecule has 8 heteroatoms. The highest BCUT2D eigenvalue weighted by atomic mass is 32.2. The summed E-state index contributed by atoms with van der Waals surface area (Å²) in [6.07, 6.45) is 0. The van der Waals surface area contributed by atoms with E-state index in [4.69, 9.17) is 9.84 Å². The lowest BCUT2D eigenvalue weighted by molar-refractivity contribution is 0.306. The molecular formula is C15H15F2NO4S. The van der Waals surface area contributed by atoms with Crippen LogP contribution in [-0.2, 0) is 10.0 Å². The van der Waals surface area contributed by atoms with Gasteiger partial charge in [-0.3, -0.25) is 4.31 Å². The average molecular weight is 343 g/mol. The number of hydrogen-bond donors (Lipinski definition) is 1. The summed E-state index contributed by atoms with van der Waals surface area (Å²) in [5.74, 6) is -1.54. The SMILES string of the molecule is COc1cc(S(=O)(=O)N(CCO)c2cccc(F)c2)ccc1F. The Morgan fingerprint density at radius 1 is 1.17 bits per heavy atom. The first-order valence-corrected chi connectivity index (χ1v) is 8.07. The molecule has 0 aliphatic carbocycles. The first kappa shape index (κ1) is 17.2. The van der Waals surface area contributed by atoms with E-state index < -0.39 is 28.3 Å². The molecular weight excluding hydrogens is 328 g/mol. The van der Waals surface area contributed by atoms with Gasteiger partial charge < -0.3 is 9.84 Å². The molecule has 124 valence electrons. The van der Waals surface area contributed by atoms with Crippen LogP contribution in [0, 0.1) is 11.6 Å². The van der Waals surface area contributed by atoms with Crippen LogP contribution in [-0.4, -0.2) is 33.8 Å². The fourth-order valence-corrected chi connectivity index (χ4v) is 3.50. The molecule has 0 saturated carbocycles. The van der Waals surface area contributed by atoms with Crippen LogP contribution in [0.2, 0.25) is 0 Å². The maximum atomic E-state index is 13.5. The molecule has 2 aromatic rings. The van der Waals surface area contributed by atoms with E-state index in [0.29, 0.717) is 0 Å². The van der Waals surface area contributed by atoms with Crippen molar-refractivity contribution >= 4 is 15.7 Å². The maximum Gasteiger partial charge on any atom is 0.264 e. The minimum atomic E-state index is -4.12. The molecule has 0 radical (unpaired) electrons. The van der Waals surface area contributed by atoms with Crippen molar-refractivity contribution in [1.82, 2.24) is 0 Å². The van der Waals surface area contributed by atoms with Gasteiger partial charge in [-0.25, -0.2) is 17.2 Å². The minimum absolute atomic E-state index is 0.0577. The topological polar surface area (TPSA) is 66.8 Å². The summed E-state index contributed by atoms with van der Waals surface area (Å²) < 4.78 is 57.9. The van der Waals surface area contributed by atoms with Crippen molar-refractivity contribution in [3.8, 4) is 5.75 Å². The number of sulfonamides is 1. The van der Waals surface area contributed by atoms with E-state index in [2.05, 4.69) is 0 Å². The van der Waals surface area contributed by atoms with Crippen LogP contribution in [0.3, 0.4) is 0 Å². The van der Waals surface area contributed by atoms with Gasteiger partial charge in [0.15, 0.2) is 11.6 Å². The number of rotatable bonds is 6. The molecule has 0 heterocycles. The molecule has 2 rings (SSSR count). The molecule has 23 heavy (non-hydrogen) atoms. The quantitative estimate of drug-likeness (QED) is 0.873. The molecule has 5 nitrogen and oxygen atoms in total. The fraction of sp³-hybridized carbons (Fsp3) is 0.200. The highest BCUT2D eigenvalue weighted by molar-refractivity contribution is 7.92. The number of methoxy groups -OCH3 is 1. The van der Waals surface area contributed by atoms with Crippen LogP contribution >= 0.6 is 0 Å². The lowest BCUT2D eigenvalue weighted by Gasteiger charge is -2.24. The minimum Gasteiger partial charge on any atom is -0.494 e. The average Bonchev–Trinajstić information content (AvgIpc) is 2.52. The van der Waals surface area contributed by atoms with Gasteiger partial charge in [-0.15, -0.1) is 0 Å². The van der Waals surface area contributed by atoms with Gasteiger partial charge in [-0.05, 0) is 30.3 Å². The summed E-state index contributed by atoms with van der Waals surface area (Å²) >= 11 is 0. The molecule has 0 amide bonds. The van der Waals surface area contributed by atoms with Gasteiger partial charge in [0.1, 0.15) is 5.82 Å². The normalized spacial score (nSPS) is 11.3. The van der Waals surface area contributed by atoms with Crippen molar-refractivity contribution in [2.45, 2.75) is 4.90 Å². The summed E-state index contributed by atoms with van der Waals surface area (Å²) in [7, 11) is -2.91. The first-order valence-electron chi connectivity index (χ1n) is 6.63. The largest absolute Gasteiger partial charge is 0.494 e. The Labute approximate surface area is 132 Å². The number of nitrogens with zero attached hydrogens (tertiary/aromatic N) is 1. The molecule has 0 aromatic heterocycles. The number of benzene rings is 2. The molecule has 0 aliphatic heterocycles. The Hall–Kier alpha value is -2.19. The zero-order chi connectivity index (χ0) is 17.0. The monoisotopic (exact) mass is 343 g/mol. The molecule has 1 N–H and O–H groups in total. The smallest absolute Gasteiger partial charge is 0.264 e. The van der Waals surface area contributed by atoms with Gasteiger partial charge in [-0.1, -0.05) is 6.07 Å². The maximum absolute atomic E-state index is 13.5. The van der Waals surface area contributed by atoms with Crippen molar-refractivity contribution in [2.24, 2.45) is 0 Å². The number of halogens is 2. The van der Waals surface area contributed by atoms with E-state index in [1.54, 1.807) is 0 Å². The summed E-state index contributed by atoms with van der Waals surface area (Å²) in [6, 6.07) is 8.05. The Bertz CT molecular complexity index is 796. The summed E-state index contributed by atoms with van der Waals surface area (Å²) in [4.78, 5) is -0.228. The third-order valence-electron chi connectivity index (χ3n) is 3.11. The lowest BCUT2D eigenvalue weighted by atomic mass is 10.3. The van der Waals surface area contributed by atoms with E-state index >= 15 is 0 Å². The Kier molecular flexibility index (Phi) is 5.17. The zero-order valence-corrected chi connectivity index (χ0v) is 13.1. The highest BCUT2D eigenvalue weighted by Crippen LogP contribution is 2.27. The highest BCUT2D eigenvalue weighted by Gasteiger charge is 2.26. The summed E-state index contributed by atoms with van der Waals surface area (Å²) in [5.41, 5.74) is 0.0577. The summed E-state index contributed by atoms with van der Waals surface area (Å²) in [6.45, 7) is -0.737. The fourth-order valence-electron chi connectivity index (χ4n) is 2.04. The molecule has 0 bridgehead atoms. The van der Waals surface area contributed by atoms with Crippen LogP contribution in [0.25, 0.3) is 0 Å². The third kappa shape index (κ3) is 3.59. The molecule has 2 aromatic carbocycles. The van der Waals surface area contributed by atoms with E-state index in [1.165, 1.54) is 25.3 Å². The number of ether oxygens (including phenoxy) is 1. The second kappa shape index (κ2) is 6.93. The second-order valence-electron chi connectivity index (χ2n) is 4.58. The van der Waals surface area contributed by atoms with Crippen molar-refractivity contribution in [1.29, 1.82) is 0 Å². The van der Waals surface area contributed by atoms with Gasteiger partial charge in [0.25, 0.3) is 10.0 Å². The van der Waals surface area contributed by atoms with Gasteiger partial charge in [0.05, 0.1) is 30.8 Å². The molecule has 0 spiro atoms. The van der Waals surface area contributed by atoms with Gasteiger partial charge in [-0.2, -0.15) is 0 Å². The molecule has 0 unspecified atom stereocenters. The van der Waals surface area contributed by atoms with Crippen LogP contribution in [0.15, 0.2) is 47.4 Å². The van der Waals surface area contributed by atoms with E-state index in [1.807, 2.05) is 0 Å². The van der Waals surface area contributed by atoms with E-state index in [-0.39, 0.29) is 22.9 Å². The van der Waals surface area contributed by atoms with E-state index in [9.17, 15) is 17.2 Å². The van der Waals surface area contributed by atoms with Crippen LogP contribution in [0.1, 0.15) is 0 Å². The lowest BCUT2D eigenvalue weighted by Crippen LogP contribution is -2.33. The van der Waals surface area contributed by atoms with Crippen molar-refractivity contribution < 1.29 is 27.0 Å². The van der Waals surface area contributed by atoms with Gasteiger partial charge in [0, 0.05) is 6.07 Å². The van der Waals surface area contributed by atoms with Crippen LogP contribution < -0.4 is 9.04 Å². The van der Waals surface area contributed by atoms with Gasteiger partial charge >= 0.3 is 0 Å². The summed E-state index contributed by atoms with van der Waals surface area (Å²) in [5, 5.41) is 9.14. The predicted octanol–water partition coefficient (Wildman–Crippen LogP) is 2.16. The number of hydrogen-bond acceptors (Lipinski definition) is 4. The Morgan fingerprint density at radius 2 is 1.91 bits per heavy atom. The predicted molar refractivity (Wildman–Crippen MR) is 81.0 cm³/mol. The zero-order valence-electron chi connectivity index (χ0n) is 12.2. The van der Waals surface area contributed by atoms with Crippen molar-refractivity contribution in [3.63, 3.8) is 0 Å². The number of aliphatic hydroxyl groups excluding tert-OH is 1. The second-order valence-corrected chi connectivity index (χ2v) is 6.44. The molecule has 0 fully saturated rings. The van der Waals surface area contributed by atoms with E-state index in [0.717, 1.165) is 28.6 Å². The van der Waals surface area contributed by atoms with Crippen LogP contribution in [0.4, 0.5) is 14.5 Å². The first-order chi connectivity index (χ1) is 10.9. The molecule has 0 atom stereocenters. The van der Waals surface area contributed by atoms with Gasteiger partial charge in [0.2, 0.25) is 0 Å². The van der Waals surface area contributed by atoms with Crippen molar-refractivity contribution in [2.75, 3.05) is 24.6 Å². The standard InChI is InChI=1S/C15H15F2NO4S/c1-22-15-10-13(5-6-14(15)17)23(20,21)18(7-8-19)12-4-2-3-11(16)9-12/h2-6,9-10,19H,7-8H2,1H3. The Balaban J connectivity index is 2.53. The van der Waals surface area contributed by atoms with Crippen molar-refractivity contribution in [3.05, 3.63) is 54.1 Å². The molecule has 0 aliphatic rings. The molecule has 0 saturated heterocycles. The van der Waals surface area contributed by atoms with Crippen LogP contribution in [0.5, 0.6) is 5.75 Å².